The van der Waals surface area contributed by atoms with Crippen LogP contribution in [0.3, 0.4) is 0 Å². The lowest BCUT2D eigenvalue weighted by atomic mass is 10.4. The van der Waals surface area contributed by atoms with E-state index in [2.05, 4.69) is 16.1 Å². The Morgan fingerprint density at radius 3 is 3.05 bits per heavy atom. The number of aliphatic carboxylic acids is 1. The molecule has 0 bridgehead atoms. The molecule has 98 valence electrons. The molecule has 0 unspecified atom stereocenters. The molecule has 0 aliphatic carbocycles. The first-order valence-electron chi connectivity index (χ1n) is 5.43. The fourth-order valence-corrected chi connectivity index (χ4v) is 2.14. The Kier molecular flexibility index (Phi) is 4.28. The van der Waals surface area contributed by atoms with Crippen LogP contribution in [0.5, 0.6) is 0 Å². The van der Waals surface area contributed by atoms with Crippen molar-refractivity contribution in [3.05, 3.63) is 23.4 Å². The molecule has 2 aromatic rings. The molecule has 0 atom stereocenters. The number of carboxylic acid groups (broad SMARTS) is 1. The molecular formula is C12H11N3O3S. The smallest absolute Gasteiger partial charge is 0.317 e. The third kappa shape index (κ3) is 3.64. The summed E-state index contributed by atoms with van der Waals surface area (Å²) in [4.78, 5) is 13.1. The van der Waals surface area contributed by atoms with Gasteiger partial charge in [0.25, 0.3) is 5.89 Å². The summed E-state index contributed by atoms with van der Waals surface area (Å²) in [6, 6.07) is 3.76. The van der Waals surface area contributed by atoms with Gasteiger partial charge in [0, 0.05) is 0 Å². The Hall–Kier alpha value is -2.17. The van der Waals surface area contributed by atoms with Gasteiger partial charge in [0.1, 0.15) is 0 Å². The molecule has 0 spiro atoms. The van der Waals surface area contributed by atoms with Crippen molar-refractivity contribution in [3.8, 4) is 23.1 Å². The van der Waals surface area contributed by atoms with Crippen molar-refractivity contribution in [1.82, 2.24) is 15.1 Å². The monoisotopic (exact) mass is 277 g/mol. The molecule has 1 N–H and O–H groups in total. The highest BCUT2D eigenvalue weighted by molar-refractivity contribution is 7.13. The quantitative estimate of drug-likeness (QED) is 0.802. The normalized spacial score (nSPS) is 10.5. The third-order valence-electron chi connectivity index (χ3n) is 2.23. The predicted molar refractivity (Wildman–Crippen MR) is 69.4 cm³/mol. The van der Waals surface area contributed by atoms with Gasteiger partial charge in [0.15, 0.2) is 0 Å². The van der Waals surface area contributed by atoms with Gasteiger partial charge in [-0.25, -0.2) is 0 Å². The molecule has 19 heavy (non-hydrogen) atoms. The van der Waals surface area contributed by atoms with E-state index in [1.165, 1.54) is 16.2 Å². The van der Waals surface area contributed by atoms with Crippen molar-refractivity contribution in [1.29, 1.82) is 0 Å². The average Bonchev–Trinajstić information content (AvgIpc) is 2.97. The standard InChI is InChI=1S/C12H11N3O3S/c1-2-5-15(8-11(16)17)7-10-13-14-12(18-10)9-4-3-6-19-9/h1,3-4,6H,5,7-8H2,(H,16,17). The van der Waals surface area contributed by atoms with E-state index in [9.17, 15) is 4.79 Å². The van der Waals surface area contributed by atoms with E-state index in [1.807, 2.05) is 17.5 Å². The van der Waals surface area contributed by atoms with Crippen LogP contribution in [0.15, 0.2) is 21.9 Å². The molecule has 0 saturated heterocycles. The zero-order valence-electron chi connectivity index (χ0n) is 9.94. The number of hydrogen-bond donors (Lipinski definition) is 1. The van der Waals surface area contributed by atoms with Crippen LogP contribution >= 0.6 is 11.3 Å². The second-order valence-electron chi connectivity index (χ2n) is 3.72. The minimum atomic E-state index is -0.951. The van der Waals surface area contributed by atoms with Crippen LogP contribution in [0, 0.1) is 12.3 Å². The summed E-state index contributed by atoms with van der Waals surface area (Å²) in [6.07, 6.45) is 5.19. The maximum atomic E-state index is 10.7. The summed E-state index contributed by atoms with van der Waals surface area (Å²) in [7, 11) is 0. The van der Waals surface area contributed by atoms with Gasteiger partial charge < -0.3 is 9.52 Å². The van der Waals surface area contributed by atoms with Crippen LogP contribution in [0.4, 0.5) is 0 Å². The molecule has 2 heterocycles. The molecule has 2 rings (SSSR count). The molecule has 0 amide bonds. The van der Waals surface area contributed by atoms with Gasteiger partial charge in [-0.2, -0.15) is 0 Å². The maximum Gasteiger partial charge on any atom is 0.317 e. The molecule has 7 heteroatoms. The van der Waals surface area contributed by atoms with E-state index in [-0.39, 0.29) is 19.6 Å². The average molecular weight is 277 g/mol. The van der Waals surface area contributed by atoms with Crippen LogP contribution < -0.4 is 0 Å². The number of carboxylic acids is 1. The van der Waals surface area contributed by atoms with Gasteiger partial charge in [0.05, 0.1) is 24.5 Å². The van der Waals surface area contributed by atoms with Crippen molar-refractivity contribution in [2.24, 2.45) is 0 Å². The topological polar surface area (TPSA) is 79.5 Å². The zero-order chi connectivity index (χ0) is 13.7. The number of terminal acetylenes is 1. The van der Waals surface area contributed by atoms with Crippen LogP contribution in [0.25, 0.3) is 10.8 Å². The Balaban J connectivity index is 2.06. The molecule has 0 fully saturated rings. The minimum Gasteiger partial charge on any atom is -0.480 e. The number of carbonyl (C=O) groups is 1. The highest BCUT2D eigenvalue weighted by atomic mass is 32.1. The number of hydrogen-bond acceptors (Lipinski definition) is 6. The van der Waals surface area contributed by atoms with E-state index in [1.54, 1.807) is 0 Å². The minimum absolute atomic E-state index is 0.166. The maximum absolute atomic E-state index is 10.7. The third-order valence-corrected chi connectivity index (χ3v) is 3.09. The molecule has 0 saturated carbocycles. The van der Waals surface area contributed by atoms with Gasteiger partial charge in [0.2, 0.25) is 5.89 Å². The fraction of sp³-hybridized carbons (Fsp3) is 0.250. The Labute approximate surface area is 113 Å². The molecule has 0 aromatic carbocycles. The first-order valence-corrected chi connectivity index (χ1v) is 6.31. The van der Waals surface area contributed by atoms with E-state index in [4.69, 9.17) is 15.9 Å². The van der Waals surface area contributed by atoms with Gasteiger partial charge in [-0.3, -0.25) is 9.69 Å². The summed E-state index contributed by atoms with van der Waals surface area (Å²) in [5.41, 5.74) is 0. The molecule has 2 aromatic heterocycles. The van der Waals surface area contributed by atoms with Crippen molar-refractivity contribution in [2.45, 2.75) is 6.54 Å². The largest absolute Gasteiger partial charge is 0.480 e. The molecule has 6 nitrogen and oxygen atoms in total. The molecular weight excluding hydrogens is 266 g/mol. The summed E-state index contributed by atoms with van der Waals surface area (Å²) in [5, 5.41) is 18.5. The number of rotatable bonds is 6. The lowest BCUT2D eigenvalue weighted by molar-refractivity contribution is -0.138. The van der Waals surface area contributed by atoms with Crippen molar-refractivity contribution < 1.29 is 14.3 Å². The van der Waals surface area contributed by atoms with Gasteiger partial charge in [-0.15, -0.1) is 28.0 Å². The van der Waals surface area contributed by atoms with Crippen LogP contribution in [-0.2, 0) is 11.3 Å². The summed E-state index contributed by atoms with van der Waals surface area (Å²) >= 11 is 1.49. The van der Waals surface area contributed by atoms with Crippen molar-refractivity contribution in [2.75, 3.05) is 13.1 Å². The molecule has 0 aliphatic rings. The lowest BCUT2D eigenvalue weighted by Gasteiger charge is -2.14. The van der Waals surface area contributed by atoms with E-state index < -0.39 is 5.97 Å². The highest BCUT2D eigenvalue weighted by Crippen LogP contribution is 2.23. The van der Waals surface area contributed by atoms with E-state index in [0.29, 0.717) is 11.8 Å². The summed E-state index contributed by atoms with van der Waals surface area (Å²) in [5.74, 6) is 2.23. The zero-order valence-corrected chi connectivity index (χ0v) is 10.8. The Bertz CT molecular complexity index is 586. The van der Waals surface area contributed by atoms with Crippen molar-refractivity contribution in [3.63, 3.8) is 0 Å². The second-order valence-corrected chi connectivity index (χ2v) is 4.67. The Morgan fingerprint density at radius 1 is 1.58 bits per heavy atom. The summed E-state index contributed by atoms with van der Waals surface area (Å²) in [6.45, 7) is 0.263. The number of nitrogens with zero attached hydrogens (tertiary/aromatic N) is 3. The van der Waals surface area contributed by atoms with Crippen molar-refractivity contribution >= 4 is 17.3 Å². The van der Waals surface area contributed by atoms with E-state index in [0.717, 1.165) is 4.88 Å². The fourth-order valence-electron chi connectivity index (χ4n) is 1.50. The van der Waals surface area contributed by atoms with Crippen LogP contribution in [-0.4, -0.2) is 39.3 Å². The van der Waals surface area contributed by atoms with Gasteiger partial charge in [-0.05, 0) is 11.4 Å². The Morgan fingerprint density at radius 2 is 2.42 bits per heavy atom. The summed E-state index contributed by atoms with van der Waals surface area (Å²) < 4.78 is 5.47. The predicted octanol–water partition coefficient (Wildman–Crippen LogP) is 1.32. The van der Waals surface area contributed by atoms with Crippen LogP contribution in [0.2, 0.25) is 0 Å². The van der Waals surface area contributed by atoms with Gasteiger partial charge >= 0.3 is 5.97 Å². The van der Waals surface area contributed by atoms with Crippen LogP contribution in [0.1, 0.15) is 5.89 Å². The highest BCUT2D eigenvalue weighted by Gasteiger charge is 2.14. The first kappa shape index (κ1) is 13.3. The first-order chi connectivity index (χ1) is 9.19. The molecule has 0 radical (unpaired) electrons. The number of aromatic nitrogens is 2. The number of thiophene rings is 1. The van der Waals surface area contributed by atoms with E-state index >= 15 is 0 Å². The second kappa shape index (κ2) is 6.13. The molecule has 0 aliphatic heterocycles. The lowest BCUT2D eigenvalue weighted by Crippen LogP contribution is -2.29. The SMILES string of the molecule is C#CCN(CC(=O)O)Cc1nnc(-c2cccs2)o1. The van der Waals surface area contributed by atoms with Gasteiger partial charge in [-0.1, -0.05) is 12.0 Å².